The SMILES string of the molecule is Cc1cc(N(CCC#N)S(=O)(=O)c2ccccc2)ccc1C=Nc1cccc(C(=O)O)c1. The summed E-state index contributed by atoms with van der Waals surface area (Å²) in [6.45, 7) is 1.86. The first-order valence-corrected chi connectivity index (χ1v) is 11.2. The molecule has 0 aliphatic rings. The number of aryl methyl sites for hydroxylation is 1. The molecule has 0 saturated heterocycles. The number of rotatable bonds is 8. The number of anilines is 1. The predicted molar refractivity (Wildman–Crippen MR) is 123 cm³/mol. The second-order valence-corrected chi connectivity index (χ2v) is 8.82. The van der Waals surface area contributed by atoms with Crippen molar-refractivity contribution < 1.29 is 18.3 Å². The van der Waals surface area contributed by atoms with E-state index in [0.29, 0.717) is 11.4 Å². The highest BCUT2D eigenvalue weighted by molar-refractivity contribution is 7.92. The maximum absolute atomic E-state index is 13.2. The van der Waals surface area contributed by atoms with Gasteiger partial charge >= 0.3 is 5.97 Å². The van der Waals surface area contributed by atoms with Crippen LogP contribution in [0.4, 0.5) is 11.4 Å². The van der Waals surface area contributed by atoms with E-state index in [1.54, 1.807) is 54.7 Å². The summed E-state index contributed by atoms with van der Waals surface area (Å²) in [5, 5.41) is 18.1. The number of hydrogen-bond acceptors (Lipinski definition) is 5. The number of carboxylic acids is 1. The van der Waals surface area contributed by atoms with Gasteiger partial charge in [-0.25, -0.2) is 13.2 Å². The molecule has 0 fully saturated rings. The number of carbonyl (C=O) groups is 1. The normalized spacial score (nSPS) is 11.2. The van der Waals surface area contributed by atoms with Crippen molar-refractivity contribution in [2.75, 3.05) is 10.8 Å². The number of hydrogen-bond donors (Lipinski definition) is 1. The summed E-state index contributed by atoms with van der Waals surface area (Å²) in [5.74, 6) is -1.03. The molecule has 0 saturated carbocycles. The zero-order valence-electron chi connectivity index (χ0n) is 17.3. The van der Waals surface area contributed by atoms with E-state index >= 15 is 0 Å². The van der Waals surface area contributed by atoms with Crippen molar-refractivity contribution in [2.45, 2.75) is 18.2 Å². The summed E-state index contributed by atoms with van der Waals surface area (Å²) in [4.78, 5) is 15.6. The fourth-order valence-corrected chi connectivity index (χ4v) is 4.56. The summed E-state index contributed by atoms with van der Waals surface area (Å²) < 4.78 is 27.6. The average Bonchev–Trinajstić information content (AvgIpc) is 2.79. The highest BCUT2D eigenvalue weighted by Crippen LogP contribution is 2.26. The lowest BCUT2D eigenvalue weighted by molar-refractivity contribution is 0.0697. The summed E-state index contributed by atoms with van der Waals surface area (Å²) in [7, 11) is -3.83. The van der Waals surface area contributed by atoms with Crippen LogP contribution >= 0.6 is 0 Å². The van der Waals surface area contributed by atoms with Gasteiger partial charge in [-0.15, -0.1) is 0 Å². The molecule has 0 radical (unpaired) electrons. The molecular formula is C24H21N3O4S. The van der Waals surface area contributed by atoms with E-state index in [2.05, 4.69) is 4.99 Å². The Morgan fingerprint density at radius 3 is 2.50 bits per heavy atom. The molecule has 3 rings (SSSR count). The van der Waals surface area contributed by atoms with Gasteiger partial charge < -0.3 is 5.11 Å². The largest absolute Gasteiger partial charge is 0.478 e. The number of aromatic carboxylic acids is 1. The lowest BCUT2D eigenvalue weighted by Crippen LogP contribution is -2.32. The number of aliphatic imine (C=N–C) groups is 1. The van der Waals surface area contributed by atoms with Crippen LogP contribution in [0.15, 0.2) is 82.7 Å². The highest BCUT2D eigenvalue weighted by Gasteiger charge is 2.24. The maximum atomic E-state index is 13.2. The quantitative estimate of drug-likeness (QED) is 0.509. The molecule has 0 aromatic heterocycles. The van der Waals surface area contributed by atoms with Gasteiger partial charge in [0.05, 0.1) is 34.3 Å². The Bertz CT molecular complexity index is 1300. The van der Waals surface area contributed by atoms with Crippen molar-refractivity contribution in [2.24, 2.45) is 4.99 Å². The summed E-state index contributed by atoms with van der Waals surface area (Å²) in [6, 6.07) is 21.5. The molecule has 0 bridgehead atoms. The molecule has 0 amide bonds. The Labute approximate surface area is 186 Å². The minimum Gasteiger partial charge on any atom is -0.478 e. The van der Waals surface area contributed by atoms with Gasteiger partial charge in [0.2, 0.25) is 0 Å². The van der Waals surface area contributed by atoms with Gasteiger partial charge in [-0.2, -0.15) is 5.26 Å². The minimum atomic E-state index is -3.83. The van der Waals surface area contributed by atoms with Crippen LogP contribution in [0.5, 0.6) is 0 Å². The standard InChI is InChI=1S/C24H21N3O4S/c1-18-15-22(27(14-6-13-25)32(30,31)23-9-3-2-4-10-23)12-11-20(18)17-26-21-8-5-7-19(16-21)24(28)29/h2-5,7-12,15-17H,6,14H2,1H3,(H,28,29). The monoisotopic (exact) mass is 447 g/mol. The number of benzene rings is 3. The lowest BCUT2D eigenvalue weighted by atomic mass is 10.1. The number of sulfonamides is 1. The first-order chi connectivity index (χ1) is 15.3. The van der Waals surface area contributed by atoms with Crippen molar-refractivity contribution in [3.63, 3.8) is 0 Å². The van der Waals surface area contributed by atoms with Crippen molar-refractivity contribution >= 4 is 33.6 Å². The van der Waals surface area contributed by atoms with Crippen molar-refractivity contribution in [3.8, 4) is 6.07 Å². The van der Waals surface area contributed by atoms with E-state index in [9.17, 15) is 13.2 Å². The molecule has 8 heteroatoms. The second-order valence-electron chi connectivity index (χ2n) is 6.95. The van der Waals surface area contributed by atoms with E-state index in [0.717, 1.165) is 11.1 Å². The first kappa shape index (κ1) is 22.7. The minimum absolute atomic E-state index is 0.0303. The van der Waals surface area contributed by atoms with E-state index in [4.69, 9.17) is 10.4 Å². The third kappa shape index (κ3) is 5.20. The van der Waals surface area contributed by atoms with E-state index in [1.165, 1.54) is 28.6 Å². The van der Waals surface area contributed by atoms with Crippen molar-refractivity contribution in [1.82, 2.24) is 0 Å². The molecule has 0 aliphatic carbocycles. The molecule has 0 unspecified atom stereocenters. The molecule has 3 aromatic carbocycles. The Hall–Kier alpha value is -3.96. The summed E-state index contributed by atoms with van der Waals surface area (Å²) in [5.41, 5.74) is 2.63. The molecule has 7 nitrogen and oxygen atoms in total. The summed E-state index contributed by atoms with van der Waals surface area (Å²) >= 11 is 0. The fourth-order valence-electron chi connectivity index (χ4n) is 3.08. The van der Waals surface area contributed by atoms with Crippen LogP contribution in [-0.2, 0) is 10.0 Å². The third-order valence-electron chi connectivity index (χ3n) is 4.75. The molecule has 0 aliphatic heterocycles. The topological polar surface area (TPSA) is 111 Å². The van der Waals surface area contributed by atoms with Gasteiger partial charge in [-0.1, -0.05) is 30.3 Å². The van der Waals surface area contributed by atoms with Gasteiger partial charge in [0.25, 0.3) is 10.0 Å². The van der Waals surface area contributed by atoms with Crippen LogP contribution in [0, 0.1) is 18.3 Å². The Morgan fingerprint density at radius 2 is 1.84 bits per heavy atom. The molecule has 162 valence electrons. The van der Waals surface area contributed by atoms with Gasteiger partial charge in [0, 0.05) is 12.8 Å². The lowest BCUT2D eigenvalue weighted by Gasteiger charge is -2.24. The Balaban J connectivity index is 1.93. The predicted octanol–water partition coefficient (Wildman–Crippen LogP) is 4.55. The molecule has 32 heavy (non-hydrogen) atoms. The van der Waals surface area contributed by atoms with Crippen LogP contribution < -0.4 is 4.31 Å². The molecular weight excluding hydrogens is 426 g/mol. The van der Waals surface area contributed by atoms with Gasteiger partial charge in [-0.05, 0) is 60.5 Å². The number of nitrogens with zero attached hydrogens (tertiary/aromatic N) is 3. The average molecular weight is 448 g/mol. The summed E-state index contributed by atoms with van der Waals surface area (Å²) in [6.07, 6.45) is 1.65. The van der Waals surface area contributed by atoms with Crippen LogP contribution in [-0.4, -0.2) is 32.3 Å². The Kier molecular flexibility index (Phi) is 7.03. The highest BCUT2D eigenvalue weighted by atomic mass is 32.2. The van der Waals surface area contributed by atoms with E-state index in [-0.39, 0.29) is 23.4 Å². The first-order valence-electron chi connectivity index (χ1n) is 9.76. The zero-order valence-corrected chi connectivity index (χ0v) is 18.2. The van der Waals surface area contributed by atoms with Crippen LogP contribution in [0.1, 0.15) is 27.9 Å². The van der Waals surface area contributed by atoms with Gasteiger partial charge in [0.15, 0.2) is 0 Å². The zero-order chi connectivity index (χ0) is 23.1. The smallest absolute Gasteiger partial charge is 0.335 e. The molecule has 1 N–H and O–H groups in total. The Morgan fingerprint density at radius 1 is 1.09 bits per heavy atom. The van der Waals surface area contributed by atoms with Crippen LogP contribution in [0.25, 0.3) is 0 Å². The third-order valence-corrected chi connectivity index (χ3v) is 6.59. The van der Waals surface area contributed by atoms with E-state index in [1.807, 2.05) is 13.0 Å². The van der Waals surface area contributed by atoms with Crippen LogP contribution in [0.2, 0.25) is 0 Å². The van der Waals surface area contributed by atoms with E-state index < -0.39 is 16.0 Å². The van der Waals surface area contributed by atoms with Crippen molar-refractivity contribution in [1.29, 1.82) is 5.26 Å². The molecule has 0 spiro atoms. The van der Waals surface area contributed by atoms with Crippen LogP contribution in [0.3, 0.4) is 0 Å². The second kappa shape index (κ2) is 9.90. The number of carboxylic acid groups (broad SMARTS) is 1. The fraction of sp³-hybridized carbons (Fsp3) is 0.125. The number of nitriles is 1. The molecule has 3 aromatic rings. The molecule has 0 atom stereocenters. The maximum Gasteiger partial charge on any atom is 0.335 e. The molecule has 0 heterocycles. The van der Waals surface area contributed by atoms with Gasteiger partial charge in [-0.3, -0.25) is 9.30 Å². The van der Waals surface area contributed by atoms with Gasteiger partial charge in [0.1, 0.15) is 0 Å². The van der Waals surface area contributed by atoms with Crippen molar-refractivity contribution in [3.05, 3.63) is 89.5 Å².